The summed E-state index contributed by atoms with van der Waals surface area (Å²) >= 11 is 0. The van der Waals surface area contributed by atoms with Crippen molar-refractivity contribution in [2.75, 3.05) is 39.3 Å². The average Bonchev–Trinajstić information content (AvgIpc) is 2.42. The van der Waals surface area contributed by atoms with Crippen molar-refractivity contribution < 1.29 is 15.0 Å². The topological polar surface area (TPSA) is 90.0 Å². The van der Waals surface area contributed by atoms with Gasteiger partial charge in [0.1, 0.15) is 11.5 Å². The van der Waals surface area contributed by atoms with Crippen molar-refractivity contribution in [1.29, 1.82) is 0 Å². The smallest absolute Gasteiger partial charge is 0.257 e. The molecule has 0 aromatic heterocycles. The fraction of sp³-hybridized carbons (Fsp3) is 0.462. The summed E-state index contributed by atoms with van der Waals surface area (Å²) in [5.41, 5.74) is 5.64. The van der Waals surface area contributed by atoms with Gasteiger partial charge in [0.25, 0.3) is 5.91 Å². The summed E-state index contributed by atoms with van der Waals surface area (Å²) < 4.78 is 0. The molecular weight excluding hydrogens is 246 g/mol. The van der Waals surface area contributed by atoms with E-state index in [2.05, 4.69) is 4.90 Å². The largest absolute Gasteiger partial charge is 0.508 e. The zero-order valence-corrected chi connectivity index (χ0v) is 10.7. The van der Waals surface area contributed by atoms with E-state index in [1.807, 2.05) is 0 Å². The molecule has 1 amide bonds. The van der Waals surface area contributed by atoms with E-state index < -0.39 is 0 Å². The van der Waals surface area contributed by atoms with Crippen LogP contribution in [0, 0.1) is 0 Å². The van der Waals surface area contributed by atoms with Crippen LogP contribution in [-0.4, -0.2) is 65.2 Å². The second-order valence-corrected chi connectivity index (χ2v) is 4.62. The Bertz CT molecular complexity index is 456. The third kappa shape index (κ3) is 3.15. The number of phenolic OH excluding ortho intramolecular Hbond substituents is 2. The predicted molar refractivity (Wildman–Crippen MR) is 71.2 cm³/mol. The van der Waals surface area contributed by atoms with Crippen LogP contribution < -0.4 is 5.73 Å². The molecule has 1 heterocycles. The monoisotopic (exact) mass is 265 g/mol. The average molecular weight is 265 g/mol. The third-order valence-corrected chi connectivity index (χ3v) is 3.32. The summed E-state index contributed by atoms with van der Waals surface area (Å²) in [5, 5.41) is 19.1. The van der Waals surface area contributed by atoms with E-state index in [-0.39, 0.29) is 23.0 Å². The lowest BCUT2D eigenvalue weighted by Gasteiger charge is -2.34. The lowest BCUT2D eigenvalue weighted by atomic mass is 10.1. The highest BCUT2D eigenvalue weighted by atomic mass is 16.3. The fourth-order valence-corrected chi connectivity index (χ4v) is 2.22. The number of carbonyl (C=O) groups is 1. The molecule has 1 aromatic rings. The predicted octanol–water partition coefficient (Wildman–Crippen LogP) is -0.186. The minimum Gasteiger partial charge on any atom is -0.508 e. The number of rotatable bonds is 3. The van der Waals surface area contributed by atoms with Gasteiger partial charge in [-0.3, -0.25) is 9.69 Å². The van der Waals surface area contributed by atoms with Gasteiger partial charge < -0.3 is 20.8 Å². The number of aromatic hydroxyl groups is 2. The summed E-state index contributed by atoms with van der Waals surface area (Å²) in [6, 6.07) is 3.97. The van der Waals surface area contributed by atoms with Gasteiger partial charge in [-0.2, -0.15) is 0 Å². The SMILES string of the molecule is NCCN1CCN(C(=O)c2cc(O)ccc2O)CC1. The van der Waals surface area contributed by atoms with Crippen LogP contribution in [0.25, 0.3) is 0 Å². The maximum Gasteiger partial charge on any atom is 0.257 e. The van der Waals surface area contributed by atoms with Gasteiger partial charge in [0, 0.05) is 39.3 Å². The van der Waals surface area contributed by atoms with Crippen molar-refractivity contribution in [2.24, 2.45) is 5.73 Å². The van der Waals surface area contributed by atoms with Crippen LogP contribution in [0.1, 0.15) is 10.4 Å². The highest BCUT2D eigenvalue weighted by Gasteiger charge is 2.23. The molecule has 1 aliphatic heterocycles. The van der Waals surface area contributed by atoms with Crippen molar-refractivity contribution in [3.05, 3.63) is 23.8 Å². The number of nitrogens with two attached hydrogens (primary N) is 1. The van der Waals surface area contributed by atoms with Crippen LogP contribution in [0.3, 0.4) is 0 Å². The molecule has 0 bridgehead atoms. The first-order chi connectivity index (χ1) is 9.11. The standard InChI is InChI=1S/C13H19N3O3/c14-3-4-15-5-7-16(8-6-15)13(19)11-9-10(17)1-2-12(11)18/h1-2,9,17-18H,3-8,14H2. The van der Waals surface area contributed by atoms with Gasteiger partial charge >= 0.3 is 0 Å². The van der Waals surface area contributed by atoms with E-state index in [0.717, 1.165) is 19.6 Å². The Kier molecular flexibility index (Phi) is 4.24. The Morgan fingerprint density at radius 1 is 1.21 bits per heavy atom. The van der Waals surface area contributed by atoms with Gasteiger partial charge in [-0.25, -0.2) is 0 Å². The Hall–Kier alpha value is -1.79. The minimum absolute atomic E-state index is 0.0251. The zero-order chi connectivity index (χ0) is 13.8. The van der Waals surface area contributed by atoms with Crippen LogP contribution >= 0.6 is 0 Å². The second kappa shape index (κ2) is 5.90. The van der Waals surface area contributed by atoms with Crippen LogP contribution in [0.4, 0.5) is 0 Å². The third-order valence-electron chi connectivity index (χ3n) is 3.32. The number of hydrogen-bond acceptors (Lipinski definition) is 5. The van der Waals surface area contributed by atoms with Crippen molar-refractivity contribution in [3.8, 4) is 11.5 Å². The molecule has 2 rings (SSSR count). The molecule has 1 aromatic carbocycles. The van der Waals surface area contributed by atoms with Crippen LogP contribution in [0.5, 0.6) is 11.5 Å². The van der Waals surface area contributed by atoms with Gasteiger partial charge in [0.2, 0.25) is 0 Å². The molecule has 0 aliphatic carbocycles. The number of hydrogen-bond donors (Lipinski definition) is 3. The van der Waals surface area contributed by atoms with Crippen LogP contribution in [0.15, 0.2) is 18.2 Å². The van der Waals surface area contributed by atoms with Gasteiger partial charge in [-0.15, -0.1) is 0 Å². The zero-order valence-electron chi connectivity index (χ0n) is 10.7. The van der Waals surface area contributed by atoms with Gasteiger partial charge in [0.05, 0.1) is 5.56 Å². The molecule has 6 heteroatoms. The first-order valence-electron chi connectivity index (χ1n) is 6.35. The van der Waals surface area contributed by atoms with E-state index >= 15 is 0 Å². The summed E-state index contributed by atoms with van der Waals surface area (Å²) in [6.45, 7) is 4.22. The number of amides is 1. The molecule has 1 aliphatic rings. The van der Waals surface area contributed by atoms with Crippen molar-refractivity contribution in [1.82, 2.24) is 9.80 Å². The number of benzene rings is 1. The molecule has 0 radical (unpaired) electrons. The highest BCUT2D eigenvalue weighted by Crippen LogP contribution is 2.23. The first-order valence-corrected chi connectivity index (χ1v) is 6.35. The Morgan fingerprint density at radius 2 is 1.89 bits per heavy atom. The summed E-state index contributed by atoms with van der Waals surface area (Å²) in [7, 11) is 0. The summed E-state index contributed by atoms with van der Waals surface area (Å²) in [6.07, 6.45) is 0. The number of carbonyl (C=O) groups excluding carboxylic acids is 1. The van der Waals surface area contributed by atoms with E-state index in [4.69, 9.17) is 5.73 Å². The van der Waals surface area contributed by atoms with Gasteiger partial charge in [0.15, 0.2) is 0 Å². The van der Waals surface area contributed by atoms with Gasteiger partial charge in [-0.1, -0.05) is 0 Å². The second-order valence-electron chi connectivity index (χ2n) is 4.62. The molecule has 1 fully saturated rings. The first kappa shape index (κ1) is 13.6. The number of piperazine rings is 1. The van der Waals surface area contributed by atoms with E-state index in [1.165, 1.54) is 18.2 Å². The highest BCUT2D eigenvalue weighted by molar-refractivity contribution is 5.97. The Morgan fingerprint density at radius 3 is 2.53 bits per heavy atom. The Labute approximate surface area is 112 Å². The molecule has 6 nitrogen and oxygen atoms in total. The van der Waals surface area contributed by atoms with Crippen molar-refractivity contribution in [3.63, 3.8) is 0 Å². The minimum atomic E-state index is -0.249. The lowest BCUT2D eigenvalue weighted by Crippen LogP contribution is -2.49. The van der Waals surface area contributed by atoms with E-state index in [0.29, 0.717) is 19.6 Å². The Balaban J connectivity index is 2.03. The number of nitrogens with zero attached hydrogens (tertiary/aromatic N) is 2. The molecule has 0 saturated carbocycles. The summed E-state index contributed by atoms with van der Waals surface area (Å²) in [5.74, 6) is -0.379. The quantitative estimate of drug-likeness (QED) is 0.659. The fourth-order valence-electron chi connectivity index (χ4n) is 2.22. The van der Waals surface area contributed by atoms with E-state index in [9.17, 15) is 15.0 Å². The van der Waals surface area contributed by atoms with E-state index in [1.54, 1.807) is 4.90 Å². The molecule has 4 N–H and O–H groups in total. The maximum atomic E-state index is 12.2. The normalized spacial score (nSPS) is 16.6. The lowest BCUT2D eigenvalue weighted by molar-refractivity contribution is 0.0637. The van der Waals surface area contributed by atoms with Crippen LogP contribution in [-0.2, 0) is 0 Å². The summed E-state index contributed by atoms with van der Waals surface area (Å²) in [4.78, 5) is 16.1. The molecule has 104 valence electrons. The molecule has 0 spiro atoms. The molecule has 19 heavy (non-hydrogen) atoms. The molecule has 0 unspecified atom stereocenters. The van der Waals surface area contributed by atoms with Crippen molar-refractivity contribution in [2.45, 2.75) is 0 Å². The van der Waals surface area contributed by atoms with Crippen molar-refractivity contribution >= 4 is 5.91 Å². The maximum absolute atomic E-state index is 12.2. The molecule has 0 atom stereocenters. The molecular formula is C13H19N3O3. The number of phenols is 2. The van der Waals surface area contributed by atoms with Crippen LogP contribution in [0.2, 0.25) is 0 Å². The molecule has 1 saturated heterocycles. The van der Waals surface area contributed by atoms with Gasteiger partial charge in [-0.05, 0) is 18.2 Å².